The number of esters is 6. The van der Waals surface area contributed by atoms with E-state index < -0.39 is 0 Å². The Morgan fingerprint density at radius 3 is 0.697 bits per heavy atom. The monoisotopic (exact) mass is 1550 g/mol. The molecular weight excluding hydrogens is 1370 g/mol. The number of hydrogen-bond acceptors (Lipinski definition) is 12. The first-order valence-electron chi connectivity index (χ1n) is 46.1. The average molecular weight is 1550 g/mol. The normalized spacial score (nSPS) is 22.4. The molecule has 8 aliphatic rings. The predicted octanol–water partition coefficient (Wildman–Crippen LogP) is 17.2. The molecule has 18 nitrogen and oxygen atoms in total. The summed E-state index contributed by atoms with van der Waals surface area (Å²) in [6, 6.07) is 0. The summed E-state index contributed by atoms with van der Waals surface area (Å²) in [5.41, 5.74) is 0. The maximum atomic E-state index is 12.2. The Bertz CT molecular complexity index is 2410. The minimum absolute atomic E-state index is 0.0307. The van der Waals surface area contributed by atoms with E-state index in [9.17, 15) is 28.8 Å². The molecule has 0 N–H and O–H groups in total. The fourth-order valence-electron chi connectivity index (χ4n) is 19.1. The first-order valence-corrected chi connectivity index (χ1v) is 46.1. The number of ether oxygens (including phenoxy) is 6. The van der Waals surface area contributed by atoms with Crippen LogP contribution in [-0.4, -0.2) is 262 Å². The van der Waals surface area contributed by atoms with Crippen molar-refractivity contribution in [1.29, 1.82) is 0 Å². The van der Waals surface area contributed by atoms with Crippen molar-refractivity contribution in [2.75, 3.05) is 200 Å². The first-order chi connectivity index (χ1) is 52.1. The Labute approximate surface area is 670 Å². The minimum atomic E-state index is 0.0307. The van der Waals surface area contributed by atoms with Gasteiger partial charge >= 0.3 is 35.8 Å². The van der Waals surface area contributed by atoms with Crippen LogP contribution in [0.5, 0.6) is 0 Å². The molecule has 7 atom stereocenters. The highest BCUT2D eigenvalue weighted by Gasteiger charge is 2.45. The van der Waals surface area contributed by atoms with Crippen LogP contribution in [0.1, 0.15) is 295 Å². The summed E-state index contributed by atoms with van der Waals surface area (Å²) in [5, 5.41) is 0. The highest BCUT2D eigenvalue weighted by Crippen LogP contribution is 2.50. The molecule has 0 heterocycles. The van der Waals surface area contributed by atoms with E-state index in [4.69, 9.17) is 28.4 Å². The second-order valence-electron chi connectivity index (χ2n) is 37.0. The van der Waals surface area contributed by atoms with Crippen molar-refractivity contribution in [3.05, 3.63) is 0 Å². The van der Waals surface area contributed by atoms with Crippen LogP contribution in [0.2, 0.25) is 0 Å². The minimum Gasteiger partial charge on any atom is -0.459 e. The number of carbonyl (C=O) groups is 6. The van der Waals surface area contributed by atoms with Gasteiger partial charge in [0.05, 0.1) is 156 Å². The average Bonchev–Trinajstić information content (AvgIpc) is 1.68. The summed E-state index contributed by atoms with van der Waals surface area (Å²) in [6.07, 6.45) is 39.0. The molecule has 8 fully saturated rings. The summed E-state index contributed by atoms with van der Waals surface area (Å²) >= 11 is 0. The standard InChI is InChI=1S/C18H36NO2.C17H34NO2.C16H30NO2.C15H30NO2.C13H24NO2.C12H24NO2/c1-4-7-14-19(6-3,13-5-2)15-16-21-18(20)17-11-9-8-10-12-17;1-4-12-18(6-3,13-5-2)14-15-20-17(19)16-10-8-7-9-11-16;1-4-17(5-2,6-3)9-10-19-16(18)15-12-13-7-8-14(15)11-13;1-4-16(5-2,6-3)12-13-18-15(17)14-10-8-7-9-11-14;1-14(2,3)6-7-16-13(15)12-9-10-4-5-11(12)8-10;1-13(2,3)9-10-15-12(14)11-7-5-4-6-8-11/h17H,4-16H2,1-3H3;16H,4-15H2,1-3H3;13-15H,4-12H2,1-3H3;14H,4-13H2,1-3H3;10-12H,4-9H2,1-3H3;11H,4-10H2,1-3H3/q6*+1. The highest BCUT2D eigenvalue weighted by molar-refractivity contribution is 5.75. The molecule has 0 saturated heterocycles. The molecule has 7 unspecified atom stereocenters. The first kappa shape index (κ1) is 99.8. The van der Waals surface area contributed by atoms with E-state index >= 15 is 0 Å². The predicted molar refractivity (Wildman–Crippen MR) is 446 cm³/mol. The maximum Gasteiger partial charge on any atom is 0.309 e. The molecule has 109 heavy (non-hydrogen) atoms. The number of likely N-dealkylation sites (N-methyl/N-ethyl adjacent to an activating group) is 6. The quantitative estimate of drug-likeness (QED) is 0.0325. The third kappa shape index (κ3) is 38.3. The SMILES string of the molecule is CCCC[N+](CC)(CCC)CCOC(=O)C1CCCCC1.CCC[N+](CC)(CCC)CCOC(=O)C1CCCCC1.CC[N+](CC)(CC)CCOC(=O)C1CC2CCC1C2.CC[N+](CC)(CC)CCOC(=O)C1CCCCC1.C[N+](C)(C)CCOC(=O)C1CC2CCC1C2.C[N+](C)(C)CCOC(=O)C1CCCCC1. The summed E-state index contributed by atoms with van der Waals surface area (Å²) in [4.78, 5) is 71.8. The molecule has 0 aromatic rings. The number of quaternary nitrogens is 6. The van der Waals surface area contributed by atoms with Gasteiger partial charge in [-0.15, -0.1) is 0 Å². The summed E-state index contributed by atoms with van der Waals surface area (Å²) in [7, 11) is 12.7. The zero-order chi connectivity index (χ0) is 80.8. The molecule has 0 aromatic carbocycles. The number of unbranched alkanes of at least 4 members (excludes halogenated alkanes) is 1. The molecule has 0 aromatic heterocycles. The zero-order valence-electron chi connectivity index (χ0n) is 74.7. The Morgan fingerprint density at radius 2 is 0.486 bits per heavy atom. The topological polar surface area (TPSA) is 158 Å². The van der Waals surface area contributed by atoms with Gasteiger partial charge in [0, 0.05) is 0 Å². The maximum absolute atomic E-state index is 12.2. The van der Waals surface area contributed by atoms with Crippen molar-refractivity contribution >= 4 is 35.8 Å². The molecule has 4 bridgehead atoms. The van der Waals surface area contributed by atoms with Crippen molar-refractivity contribution in [3.8, 4) is 0 Å². The van der Waals surface area contributed by atoms with Gasteiger partial charge in [-0.25, -0.2) is 0 Å². The lowest BCUT2D eigenvalue weighted by Crippen LogP contribution is -2.51. The second-order valence-corrected chi connectivity index (χ2v) is 37.0. The van der Waals surface area contributed by atoms with Crippen molar-refractivity contribution < 1.29 is 84.1 Å². The van der Waals surface area contributed by atoms with Crippen molar-refractivity contribution in [2.24, 2.45) is 59.2 Å². The summed E-state index contributed by atoms with van der Waals surface area (Å²) in [6.45, 7) is 49.9. The number of carbonyl (C=O) groups excluding carboxylic acids is 6. The number of hydrogen-bond donors (Lipinski definition) is 0. The van der Waals surface area contributed by atoms with Crippen LogP contribution < -0.4 is 0 Å². The van der Waals surface area contributed by atoms with Gasteiger partial charge in [0.2, 0.25) is 0 Å². The molecule has 8 aliphatic carbocycles. The number of fused-ring (bicyclic) bond motifs is 4. The Kier molecular flexibility index (Phi) is 49.8. The molecule has 0 aliphatic heterocycles. The van der Waals surface area contributed by atoms with E-state index in [1.54, 1.807) is 0 Å². The lowest BCUT2D eigenvalue weighted by molar-refractivity contribution is -0.927. The van der Waals surface area contributed by atoms with Gasteiger partial charge in [-0.05, 0) is 195 Å². The lowest BCUT2D eigenvalue weighted by Gasteiger charge is -2.37. The Morgan fingerprint density at radius 1 is 0.248 bits per heavy atom. The Balaban J connectivity index is 0.000000340. The Hall–Kier alpha value is -3.42. The summed E-state index contributed by atoms with van der Waals surface area (Å²) < 4.78 is 39.0. The van der Waals surface area contributed by atoms with Gasteiger partial charge in [0.1, 0.15) is 78.9 Å². The molecule has 8 rings (SSSR count). The van der Waals surface area contributed by atoms with Crippen LogP contribution in [-0.2, 0) is 57.2 Å². The molecule has 638 valence electrons. The van der Waals surface area contributed by atoms with Gasteiger partial charge in [-0.1, -0.05) is 124 Å². The number of nitrogens with zero attached hydrogens (tertiary/aromatic N) is 6. The van der Waals surface area contributed by atoms with Crippen molar-refractivity contribution in [1.82, 2.24) is 0 Å². The molecular formula is C91H178N6O12+6. The zero-order valence-corrected chi connectivity index (χ0v) is 74.7. The fourth-order valence-corrected chi connectivity index (χ4v) is 19.1. The van der Waals surface area contributed by atoms with E-state index in [0.29, 0.717) is 51.5 Å². The van der Waals surface area contributed by atoms with E-state index in [1.165, 1.54) is 174 Å². The van der Waals surface area contributed by atoms with Crippen LogP contribution in [0.3, 0.4) is 0 Å². The van der Waals surface area contributed by atoms with Crippen molar-refractivity contribution in [2.45, 2.75) is 295 Å². The van der Waals surface area contributed by atoms with E-state index in [0.717, 1.165) is 195 Å². The van der Waals surface area contributed by atoms with E-state index in [-0.39, 0.29) is 71.3 Å². The van der Waals surface area contributed by atoms with E-state index in [2.05, 4.69) is 125 Å². The molecule has 0 amide bonds. The third-order valence-corrected chi connectivity index (χ3v) is 27.5. The molecule has 8 saturated carbocycles. The van der Waals surface area contributed by atoms with Crippen LogP contribution in [0.25, 0.3) is 0 Å². The van der Waals surface area contributed by atoms with Gasteiger partial charge < -0.3 is 55.3 Å². The molecule has 0 spiro atoms. The highest BCUT2D eigenvalue weighted by atomic mass is 16.6. The van der Waals surface area contributed by atoms with Gasteiger partial charge in [0.25, 0.3) is 0 Å². The smallest absolute Gasteiger partial charge is 0.309 e. The van der Waals surface area contributed by atoms with Crippen LogP contribution >= 0.6 is 0 Å². The van der Waals surface area contributed by atoms with Gasteiger partial charge in [-0.2, -0.15) is 0 Å². The lowest BCUT2D eigenvalue weighted by atomic mass is 9.89. The van der Waals surface area contributed by atoms with Crippen LogP contribution in [0.15, 0.2) is 0 Å². The van der Waals surface area contributed by atoms with E-state index in [1.807, 2.05) is 0 Å². The molecule has 0 radical (unpaired) electrons. The summed E-state index contributed by atoms with van der Waals surface area (Å²) in [5.74, 6) is 4.49. The molecule has 18 heteroatoms. The largest absolute Gasteiger partial charge is 0.459 e. The van der Waals surface area contributed by atoms with Crippen LogP contribution in [0, 0.1) is 59.2 Å². The van der Waals surface area contributed by atoms with Gasteiger partial charge in [-0.3, -0.25) is 28.8 Å². The fraction of sp³-hybridized carbons (Fsp3) is 0.934. The van der Waals surface area contributed by atoms with Crippen molar-refractivity contribution in [3.63, 3.8) is 0 Å². The van der Waals surface area contributed by atoms with Crippen LogP contribution in [0.4, 0.5) is 0 Å². The third-order valence-electron chi connectivity index (χ3n) is 27.5. The van der Waals surface area contributed by atoms with Gasteiger partial charge in [0.15, 0.2) is 0 Å². The number of rotatable bonds is 41. The second kappa shape index (κ2) is 54.4.